The molecule has 1 aliphatic rings. The number of rotatable bonds is 9. The Balaban J connectivity index is 2.49. The van der Waals surface area contributed by atoms with Gasteiger partial charge in [-0.2, -0.15) is 0 Å². The Bertz CT molecular complexity index is 293. The highest BCUT2D eigenvalue weighted by Gasteiger charge is 2.36. The Morgan fingerprint density at radius 1 is 1.25 bits per heavy atom. The fraction of sp³-hybridized carbons (Fsp3) is 0.938. The van der Waals surface area contributed by atoms with E-state index in [0.717, 1.165) is 45.2 Å². The Hall–Kier alpha value is -0.610. The number of hydrogen-bond donors (Lipinski definition) is 1. The number of amides is 1. The van der Waals surface area contributed by atoms with Crippen molar-refractivity contribution >= 4 is 5.91 Å². The van der Waals surface area contributed by atoms with Crippen LogP contribution in [0.15, 0.2) is 0 Å². The van der Waals surface area contributed by atoms with Gasteiger partial charge in [-0.25, -0.2) is 0 Å². The average Bonchev–Trinajstić information content (AvgIpc) is 2.68. The zero-order valence-corrected chi connectivity index (χ0v) is 14.0. The third-order valence-electron chi connectivity index (χ3n) is 4.28. The highest BCUT2D eigenvalue weighted by Crippen LogP contribution is 2.18. The summed E-state index contributed by atoms with van der Waals surface area (Å²) in [6.07, 6.45) is 5.51. The van der Waals surface area contributed by atoms with Crippen molar-refractivity contribution in [1.29, 1.82) is 0 Å². The largest absolute Gasteiger partial charge is 0.326 e. The second-order valence-electron chi connectivity index (χ2n) is 6.27. The third kappa shape index (κ3) is 4.74. The second-order valence-corrected chi connectivity index (χ2v) is 6.27. The molecule has 0 radical (unpaired) electrons. The summed E-state index contributed by atoms with van der Waals surface area (Å²) in [6.45, 7) is 10.7. The van der Waals surface area contributed by atoms with Crippen molar-refractivity contribution in [3.63, 3.8) is 0 Å². The zero-order chi connectivity index (χ0) is 15.1. The molecule has 2 unspecified atom stereocenters. The first kappa shape index (κ1) is 17.4. The maximum absolute atomic E-state index is 12.4. The summed E-state index contributed by atoms with van der Waals surface area (Å²) in [6, 6.07) is 0.626. The molecule has 0 bridgehead atoms. The van der Waals surface area contributed by atoms with E-state index in [1.165, 1.54) is 0 Å². The lowest BCUT2D eigenvalue weighted by Gasteiger charge is -2.26. The molecule has 1 fully saturated rings. The molecule has 2 atom stereocenters. The van der Waals surface area contributed by atoms with Crippen LogP contribution < -0.4 is 5.32 Å². The summed E-state index contributed by atoms with van der Waals surface area (Å²) in [7, 11) is 2.15. The van der Waals surface area contributed by atoms with E-state index in [1.807, 2.05) is 0 Å². The summed E-state index contributed by atoms with van der Waals surface area (Å²) in [5, 5.41) is 3.52. The molecule has 1 aliphatic heterocycles. The molecule has 0 aromatic carbocycles. The van der Waals surface area contributed by atoms with Crippen molar-refractivity contribution < 1.29 is 4.79 Å². The number of hydrogen-bond acceptors (Lipinski definition) is 3. The van der Waals surface area contributed by atoms with Gasteiger partial charge in [0.2, 0.25) is 5.91 Å². The van der Waals surface area contributed by atoms with Crippen LogP contribution in [-0.2, 0) is 4.79 Å². The average molecular weight is 283 g/mol. The lowest BCUT2D eigenvalue weighted by molar-refractivity contribution is -0.130. The first-order valence-electron chi connectivity index (χ1n) is 8.28. The van der Waals surface area contributed by atoms with Gasteiger partial charge in [-0.1, -0.05) is 26.7 Å². The van der Waals surface area contributed by atoms with Crippen LogP contribution in [0.2, 0.25) is 0 Å². The Morgan fingerprint density at radius 3 is 2.45 bits per heavy atom. The van der Waals surface area contributed by atoms with Gasteiger partial charge in [0.25, 0.3) is 0 Å². The maximum atomic E-state index is 12.4. The molecule has 1 amide bonds. The highest BCUT2D eigenvalue weighted by molar-refractivity contribution is 5.84. The van der Waals surface area contributed by atoms with Gasteiger partial charge in [0.1, 0.15) is 0 Å². The van der Waals surface area contributed by atoms with E-state index >= 15 is 0 Å². The van der Waals surface area contributed by atoms with E-state index in [-0.39, 0.29) is 12.2 Å². The fourth-order valence-corrected chi connectivity index (χ4v) is 2.77. The molecule has 0 saturated carbocycles. The molecule has 0 aliphatic carbocycles. The highest BCUT2D eigenvalue weighted by atomic mass is 16.2. The van der Waals surface area contributed by atoms with E-state index in [4.69, 9.17) is 0 Å². The summed E-state index contributed by atoms with van der Waals surface area (Å²) >= 11 is 0. The van der Waals surface area contributed by atoms with Crippen LogP contribution in [0, 0.1) is 0 Å². The van der Waals surface area contributed by atoms with Crippen molar-refractivity contribution in [3.8, 4) is 0 Å². The Morgan fingerprint density at radius 2 is 1.90 bits per heavy atom. The van der Waals surface area contributed by atoms with Crippen LogP contribution in [0.5, 0.6) is 0 Å². The molecular formula is C16H33N3O. The molecule has 4 heteroatoms. The number of nitrogens with zero attached hydrogens (tertiary/aromatic N) is 2. The molecular weight excluding hydrogens is 250 g/mol. The van der Waals surface area contributed by atoms with Gasteiger partial charge in [-0.15, -0.1) is 0 Å². The van der Waals surface area contributed by atoms with Crippen LogP contribution in [0.3, 0.4) is 0 Å². The zero-order valence-electron chi connectivity index (χ0n) is 14.0. The number of carbonyl (C=O) groups is 1. The molecule has 1 heterocycles. The molecule has 4 nitrogen and oxygen atoms in total. The summed E-state index contributed by atoms with van der Waals surface area (Å²) in [4.78, 5) is 16.9. The van der Waals surface area contributed by atoms with Gasteiger partial charge < -0.3 is 9.80 Å². The van der Waals surface area contributed by atoms with Crippen LogP contribution in [0.25, 0.3) is 0 Å². The second kappa shape index (κ2) is 8.63. The minimum atomic E-state index is 0.0550. The first-order valence-corrected chi connectivity index (χ1v) is 8.28. The van der Waals surface area contributed by atoms with Crippen LogP contribution in [0.4, 0.5) is 0 Å². The van der Waals surface area contributed by atoms with E-state index in [9.17, 15) is 4.79 Å². The summed E-state index contributed by atoms with van der Waals surface area (Å²) < 4.78 is 0. The SMILES string of the molecule is CCCC1NC(CCC)N(CCCN(C)C(C)C)C1=O. The van der Waals surface area contributed by atoms with Gasteiger partial charge in [0, 0.05) is 12.6 Å². The summed E-state index contributed by atoms with van der Waals surface area (Å²) in [5.41, 5.74) is 0. The first-order chi connectivity index (χ1) is 9.51. The van der Waals surface area contributed by atoms with Crippen molar-refractivity contribution in [2.45, 2.75) is 78.0 Å². The Labute approximate surface area is 124 Å². The van der Waals surface area contributed by atoms with E-state index < -0.39 is 0 Å². The maximum Gasteiger partial charge on any atom is 0.241 e. The van der Waals surface area contributed by atoms with Gasteiger partial charge >= 0.3 is 0 Å². The van der Waals surface area contributed by atoms with Crippen molar-refractivity contribution in [2.75, 3.05) is 20.1 Å². The van der Waals surface area contributed by atoms with Gasteiger partial charge in [-0.05, 0) is 46.7 Å². The van der Waals surface area contributed by atoms with E-state index in [0.29, 0.717) is 11.9 Å². The van der Waals surface area contributed by atoms with E-state index in [2.05, 4.69) is 49.9 Å². The fourth-order valence-electron chi connectivity index (χ4n) is 2.77. The van der Waals surface area contributed by atoms with Crippen LogP contribution in [0.1, 0.15) is 59.8 Å². The van der Waals surface area contributed by atoms with Gasteiger partial charge in [-0.3, -0.25) is 10.1 Å². The molecule has 1 saturated heterocycles. The lowest BCUT2D eigenvalue weighted by Crippen LogP contribution is -2.39. The lowest BCUT2D eigenvalue weighted by atomic mass is 10.1. The van der Waals surface area contributed by atoms with Crippen molar-refractivity contribution in [1.82, 2.24) is 15.1 Å². The molecule has 1 rings (SSSR count). The smallest absolute Gasteiger partial charge is 0.241 e. The third-order valence-corrected chi connectivity index (χ3v) is 4.28. The topological polar surface area (TPSA) is 35.6 Å². The normalized spacial score (nSPS) is 23.4. The molecule has 0 aromatic heterocycles. The molecule has 1 N–H and O–H groups in total. The minimum Gasteiger partial charge on any atom is -0.326 e. The number of nitrogens with one attached hydrogen (secondary N) is 1. The predicted octanol–water partition coefficient (Wildman–Crippen LogP) is 2.44. The monoisotopic (exact) mass is 283 g/mol. The molecule has 118 valence electrons. The van der Waals surface area contributed by atoms with E-state index in [1.54, 1.807) is 0 Å². The predicted molar refractivity (Wildman–Crippen MR) is 84.6 cm³/mol. The van der Waals surface area contributed by atoms with Crippen LogP contribution >= 0.6 is 0 Å². The molecule has 20 heavy (non-hydrogen) atoms. The standard InChI is InChI=1S/C16H33N3O/c1-6-9-14-16(20)19(15(17-14)10-7-2)12-8-11-18(5)13(3)4/h13-15,17H,6-12H2,1-5H3. The van der Waals surface area contributed by atoms with Crippen molar-refractivity contribution in [2.24, 2.45) is 0 Å². The van der Waals surface area contributed by atoms with Crippen LogP contribution in [-0.4, -0.2) is 54.1 Å². The molecule has 0 aromatic rings. The minimum absolute atomic E-state index is 0.0550. The van der Waals surface area contributed by atoms with Crippen molar-refractivity contribution in [3.05, 3.63) is 0 Å². The number of carbonyl (C=O) groups excluding carboxylic acids is 1. The summed E-state index contributed by atoms with van der Waals surface area (Å²) in [5.74, 6) is 0.317. The van der Waals surface area contributed by atoms with Gasteiger partial charge in [0.15, 0.2) is 0 Å². The Kier molecular flexibility index (Phi) is 7.52. The quantitative estimate of drug-likeness (QED) is 0.706. The molecule has 0 spiro atoms. The van der Waals surface area contributed by atoms with Gasteiger partial charge in [0.05, 0.1) is 12.2 Å².